The van der Waals surface area contributed by atoms with E-state index in [1.165, 1.54) is 6.07 Å². The van der Waals surface area contributed by atoms with Crippen LogP contribution in [0.5, 0.6) is 5.75 Å². The third-order valence-corrected chi connectivity index (χ3v) is 2.34. The molecule has 0 unspecified atom stereocenters. The Labute approximate surface area is 92.6 Å². The second-order valence-corrected chi connectivity index (χ2v) is 4.23. The van der Waals surface area contributed by atoms with Crippen LogP contribution in [0.2, 0.25) is 0 Å². The van der Waals surface area contributed by atoms with Gasteiger partial charge in [-0.1, -0.05) is 0 Å². The Kier molecular flexibility index (Phi) is 2.62. The van der Waals surface area contributed by atoms with E-state index in [4.69, 9.17) is 4.74 Å². The van der Waals surface area contributed by atoms with Crippen molar-refractivity contribution < 1.29 is 17.9 Å². The average Bonchev–Trinajstić information content (AvgIpc) is 2.85. The largest absolute Gasteiger partial charge is 0.488 e. The van der Waals surface area contributed by atoms with Crippen LogP contribution in [0.15, 0.2) is 16.7 Å². The summed E-state index contributed by atoms with van der Waals surface area (Å²) in [7, 11) is 0. The maximum absolute atomic E-state index is 12.5. The van der Waals surface area contributed by atoms with Gasteiger partial charge in [0.2, 0.25) is 0 Å². The molecule has 1 aliphatic rings. The Morgan fingerprint density at radius 1 is 1.40 bits per heavy atom. The van der Waals surface area contributed by atoms with E-state index in [1.807, 2.05) is 0 Å². The molecule has 82 valence electrons. The fourth-order valence-corrected chi connectivity index (χ4v) is 1.40. The quantitative estimate of drug-likeness (QED) is 0.829. The number of aromatic nitrogens is 1. The van der Waals surface area contributed by atoms with Crippen molar-refractivity contribution >= 4 is 15.9 Å². The summed E-state index contributed by atoms with van der Waals surface area (Å²) >= 11 is 3.06. The summed E-state index contributed by atoms with van der Waals surface area (Å²) in [5.41, 5.74) is -0.961. The summed E-state index contributed by atoms with van der Waals surface area (Å²) in [6.45, 7) is 0. The van der Waals surface area contributed by atoms with Gasteiger partial charge in [-0.25, -0.2) is 4.98 Å². The van der Waals surface area contributed by atoms with Crippen LogP contribution in [0.4, 0.5) is 13.2 Å². The lowest BCUT2D eigenvalue weighted by Gasteiger charge is -2.12. The minimum atomic E-state index is -4.47. The SMILES string of the molecule is FC(F)(F)c1ncc(Br)cc1OC1CC1. The van der Waals surface area contributed by atoms with Crippen molar-refractivity contribution in [1.29, 1.82) is 0 Å². The first-order valence-corrected chi connectivity index (χ1v) is 5.15. The first-order chi connectivity index (χ1) is 6.97. The topological polar surface area (TPSA) is 22.1 Å². The first-order valence-electron chi connectivity index (χ1n) is 4.36. The summed E-state index contributed by atoms with van der Waals surface area (Å²) in [6.07, 6.45) is -1.82. The number of pyridine rings is 1. The number of ether oxygens (including phenoxy) is 1. The van der Waals surface area contributed by atoms with E-state index in [2.05, 4.69) is 20.9 Å². The van der Waals surface area contributed by atoms with Crippen molar-refractivity contribution in [2.45, 2.75) is 25.1 Å². The van der Waals surface area contributed by atoms with Crippen LogP contribution < -0.4 is 4.74 Å². The number of alkyl halides is 3. The number of hydrogen-bond acceptors (Lipinski definition) is 2. The van der Waals surface area contributed by atoms with Gasteiger partial charge in [0.1, 0.15) is 0 Å². The molecule has 0 atom stereocenters. The summed E-state index contributed by atoms with van der Waals surface area (Å²) in [5.74, 6) is -0.195. The molecule has 0 aromatic carbocycles. The molecule has 1 saturated carbocycles. The lowest BCUT2D eigenvalue weighted by Crippen LogP contribution is -2.11. The van der Waals surface area contributed by atoms with Crippen molar-refractivity contribution in [2.24, 2.45) is 0 Å². The molecule has 1 heterocycles. The van der Waals surface area contributed by atoms with E-state index >= 15 is 0 Å². The summed E-state index contributed by atoms with van der Waals surface area (Å²) in [4.78, 5) is 3.33. The predicted octanol–water partition coefficient (Wildman–Crippen LogP) is 3.40. The predicted molar refractivity (Wildman–Crippen MR) is 50.6 cm³/mol. The lowest BCUT2D eigenvalue weighted by molar-refractivity contribution is -0.142. The van der Waals surface area contributed by atoms with Crippen molar-refractivity contribution in [3.63, 3.8) is 0 Å². The maximum Gasteiger partial charge on any atom is 0.437 e. The molecular weight excluding hydrogens is 275 g/mol. The highest BCUT2D eigenvalue weighted by Gasteiger charge is 2.38. The maximum atomic E-state index is 12.5. The van der Waals surface area contributed by atoms with Crippen molar-refractivity contribution in [2.75, 3.05) is 0 Å². The summed E-state index contributed by atoms with van der Waals surface area (Å²) in [6, 6.07) is 1.30. The zero-order chi connectivity index (χ0) is 11.1. The molecule has 1 fully saturated rings. The highest BCUT2D eigenvalue weighted by Crippen LogP contribution is 2.38. The van der Waals surface area contributed by atoms with E-state index < -0.39 is 11.9 Å². The minimum absolute atomic E-state index is 0.0813. The van der Waals surface area contributed by atoms with Crippen LogP contribution in [0.25, 0.3) is 0 Å². The van der Waals surface area contributed by atoms with Crippen LogP contribution in [0.1, 0.15) is 18.5 Å². The van der Waals surface area contributed by atoms with E-state index in [-0.39, 0.29) is 11.9 Å². The molecule has 0 N–H and O–H groups in total. The Bertz CT molecular complexity index is 376. The Morgan fingerprint density at radius 2 is 2.07 bits per heavy atom. The van der Waals surface area contributed by atoms with Crippen LogP contribution in [-0.4, -0.2) is 11.1 Å². The number of rotatable bonds is 2. The molecule has 0 spiro atoms. The van der Waals surface area contributed by atoms with Gasteiger partial charge in [0.05, 0.1) is 6.10 Å². The van der Waals surface area contributed by atoms with Gasteiger partial charge in [0.15, 0.2) is 11.4 Å². The standard InChI is InChI=1S/C9H7BrF3NO/c10-5-3-7(15-6-1-2-6)8(14-4-5)9(11,12)13/h3-4,6H,1-2H2. The van der Waals surface area contributed by atoms with Crippen molar-refractivity contribution in [3.05, 3.63) is 22.4 Å². The van der Waals surface area contributed by atoms with Gasteiger partial charge in [-0.15, -0.1) is 0 Å². The molecule has 2 rings (SSSR count). The molecule has 1 aromatic rings. The minimum Gasteiger partial charge on any atom is -0.488 e. The second-order valence-electron chi connectivity index (χ2n) is 3.32. The molecule has 15 heavy (non-hydrogen) atoms. The first kappa shape index (κ1) is 10.7. The zero-order valence-corrected chi connectivity index (χ0v) is 9.10. The van der Waals surface area contributed by atoms with Crippen molar-refractivity contribution in [1.82, 2.24) is 4.98 Å². The van der Waals surface area contributed by atoms with Crippen LogP contribution >= 0.6 is 15.9 Å². The Morgan fingerprint density at radius 3 is 2.60 bits per heavy atom. The second kappa shape index (κ2) is 3.66. The smallest absolute Gasteiger partial charge is 0.437 e. The van der Waals surface area contributed by atoms with Gasteiger partial charge in [-0.2, -0.15) is 13.2 Å². The fraction of sp³-hybridized carbons (Fsp3) is 0.444. The molecule has 1 aliphatic carbocycles. The molecule has 6 heteroatoms. The van der Waals surface area contributed by atoms with Crippen LogP contribution in [-0.2, 0) is 6.18 Å². The number of hydrogen-bond donors (Lipinski definition) is 0. The van der Waals surface area contributed by atoms with Crippen LogP contribution in [0, 0.1) is 0 Å². The third kappa shape index (κ3) is 2.62. The highest BCUT2D eigenvalue weighted by molar-refractivity contribution is 9.10. The molecule has 0 aliphatic heterocycles. The van der Waals surface area contributed by atoms with Gasteiger partial charge in [0.25, 0.3) is 0 Å². The zero-order valence-electron chi connectivity index (χ0n) is 7.51. The van der Waals surface area contributed by atoms with Gasteiger partial charge in [0, 0.05) is 10.7 Å². The Balaban J connectivity index is 2.34. The number of halogens is 4. The molecule has 0 saturated heterocycles. The fourth-order valence-electron chi connectivity index (χ4n) is 1.09. The van der Waals surface area contributed by atoms with Gasteiger partial charge in [-0.05, 0) is 34.8 Å². The summed E-state index contributed by atoms with van der Waals surface area (Å²) in [5, 5.41) is 0. The molecule has 2 nitrogen and oxygen atoms in total. The lowest BCUT2D eigenvalue weighted by atomic mass is 10.3. The molecule has 0 radical (unpaired) electrons. The normalized spacial score (nSPS) is 16.5. The highest BCUT2D eigenvalue weighted by atomic mass is 79.9. The van der Waals surface area contributed by atoms with E-state index in [9.17, 15) is 13.2 Å². The van der Waals surface area contributed by atoms with Crippen molar-refractivity contribution in [3.8, 4) is 5.75 Å². The molecule has 1 aromatic heterocycles. The van der Waals surface area contributed by atoms with Gasteiger partial charge < -0.3 is 4.74 Å². The molecule has 0 bridgehead atoms. The molecular formula is C9H7BrF3NO. The van der Waals surface area contributed by atoms with Gasteiger partial charge in [-0.3, -0.25) is 0 Å². The summed E-state index contributed by atoms with van der Waals surface area (Å²) < 4.78 is 43.1. The van der Waals surface area contributed by atoms with E-state index in [1.54, 1.807) is 0 Å². The van der Waals surface area contributed by atoms with Gasteiger partial charge >= 0.3 is 6.18 Å². The molecule has 0 amide bonds. The monoisotopic (exact) mass is 281 g/mol. The average molecular weight is 282 g/mol. The van der Waals surface area contributed by atoms with E-state index in [0.717, 1.165) is 19.0 Å². The van der Waals surface area contributed by atoms with Crippen LogP contribution in [0.3, 0.4) is 0 Å². The Hall–Kier alpha value is -0.780. The van der Waals surface area contributed by atoms with E-state index in [0.29, 0.717) is 4.47 Å². The third-order valence-electron chi connectivity index (χ3n) is 1.91. The number of nitrogens with zero attached hydrogens (tertiary/aromatic N) is 1.